The number of hydrogen-bond donors (Lipinski definition) is 2. The van der Waals surface area contributed by atoms with E-state index in [4.69, 9.17) is 10.5 Å². The molecular weight excluding hydrogens is 292 g/mol. The molecule has 1 aliphatic rings. The molecule has 0 atom stereocenters. The van der Waals surface area contributed by atoms with Crippen molar-refractivity contribution in [2.75, 3.05) is 18.8 Å². The molecular formula is C17H24N4O2. The first-order valence-corrected chi connectivity index (χ1v) is 8.05. The lowest BCUT2D eigenvalue weighted by atomic mass is 9.92. The van der Waals surface area contributed by atoms with Crippen LogP contribution in [0, 0.1) is 0 Å². The number of amides is 1. The van der Waals surface area contributed by atoms with Gasteiger partial charge in [0.2, 0.25) is 0 Å². The summed E-state index contributed by atoms with van der Waals surface area (Å²) < 4.78 is 5.44. The summed E-state index contributed by atoms with van der Waals surface area (Å²) in [5, 5.41) is 8.62. The smallest absolute Gasteiger partial charge is 0.410 e. The third kappa shape index (κ3) is 3.41. The van der Waals surface area contributed by atoms with E-state index >= 15 is 0 Å². The number of piperidine rings is 1. The number of nitrogens with one attached hydrogen (secondary N) is 1. The minimum atomic E-state index is -0.451. The van der Waals surface area contributed by atoms with E-state index in [1.807, 2.05) is 39.0 Å². The van der Waals surface area contributed by atoms with E-state index in [1.54, 1.807) is 4.90 Å². The number of nitrogens with zero attached hydrogens (tertiary/aromatic N) is 2. The minimum Gasteiger partial charge on any atom is -0.444 e. The second kappa shape index (κ2) is 5.76. The highest BCUT2D eigenvalue weighted by Crippen LogP contribution is 2.32. The van der Waals surface area contributed by atoms with Crippen LogP contribution in [-0.2, 0) is 4.74 Å². The van der Waals surface area contributed by atoms with Crippen molar-refractivity contribution in [2.45, 2.75) is 45.1 Å². The molecule has 1 amide bonds. The number of fused-ring (bicyclic) bond motifs is 1. The van der Waals surface area contributed by atoms with Gasteiger partial charge >= 0.3 is 6.09 Å². The number of anilines is 1. The number of aromatic amines is 1. The Bertz CT molecular complexity index is 709. The van der Waals surface area contributed by atoms with Crippen LogP contribution in [0.4, 0.5) is 10.5 Å². The summed E-state index contributed by atoms with van der Waals surface area (Å²) in [5.74, 6) is 0.377. The number of ether oxygens (including phenoxy) is 1. The number of H-pyrrole nitrogens is 1. The number of nitrogen functional groups attached to an aromatic ring is 1. The molecule has 0 radical (unpaired) electrons. The molecule has 1 saturated heterocycles. The van der Waals surface area contributed by atoms with Crippen LogP contribution < -0.4 is 5.73 Å². The Balaban J connectivity index is 1.67. The third-order valence-electron chi connectivity index (χ3n) is 4.16. The standard InChI is InChI=1S/C17H24N4O2/c1-17(2,3)23-16(22)21-8-6-11(7-9-21)15-13-5-4-12(18)10-14(13)19-20-15/h4-5,10-11H,6-9,18H2,1-3H3,(H,19,20). The van der Waals surface area contributed by atoms with Gasteiger partial charge < -0.3 is 15.4 Å². The van der Waals surface area contributed by atoms with Crippen molar-refractivity contribution in [1.82, 2.24) is 15.1 Å². The highest BCUT2D eigenvalue weighted by molar-refractivity contribution is 5.84. The number of benzene rings is 1. The molecule has 3 N–H and O–H groups in total. The van der Waals surface area contributed by atoms with Crippen LogP contribution in [-0.4, -0.2) is 39.9 Å². The van der Waals surface area contributed by atoms with Crippen molar-refractivity contribution in [3.05, 3.63) is 23.9 Å². The van der Waals surface area contributed by atoms with E-state index in [0.717, 1.165) is 35.1 Å². The van der Waals surface area contributed by atoms with Crippen LogP contribution in [0.15, 0.2) is 18.2 Å². The largest absolute Gasteiger partial charge is 0.444 e. The van der Waals surface area contributed by atoms with Crippen LogP contribution in [0.25, 0.3) is 10.9 Å². The van der Waals surface area contributed by atoms with E-state index in [1.165, 1.54) is 0 Å². The van der Waals surface area contributed by atoms with E-state index < -0.39 is 5.60 Å². The number of hydrogen-bond acceptors (Lipinski definition) is 4. The van der Waals surface area contributed by atoms with Gasteiger partial charge in [0.15, 0.2) is 0 Å². The number of rotatable bonds is 1. The van der Waals surface area contributed by atoms with Crippen LogP contribution in [0.1, 0.15) is 45.2 Å². The Morgan fingerprint density at radius 3 is 2.70 bits per heavy atom. The molecule has 0 saturated carbocycles. The van der Waals surface area contributed by atoms with E-state index in [9.17, 15) is 4.79 Å². The lowest BCUT2D eigenvalue weighted by molar-refractivity contribution is 0.0204. The van der Waals surface area contributed by atoms with Gasteiger partial charge in [-0.25, -0.2) is 4.79 Å². The summed E-state index contributed by atoms with van der Waals surface area (Å²) in [6.45, 7) is 7.07. The molecule has 1 aliphatic heterocycles. The monoisotopic (exact) mass is 316 g/mol. The van der Waals surface area contributed by atoms with Gasteiger partial charge in [0.25, 0.3) is 0 Å². The molecule has 1 aromatic heterocycles. The van der Waals surface area contributed by atoms with Crippen molar-refractivity contribution in [3.8, 4) is 0 Å². The Hall–Kier alpha value is -2.24. The zero-order valence-electron chi connectivity index (χ0n) is 13.9. The molecule has 6 heteroatoms. The van der Waals surface area contributed by atoms with E-state index in [0.29, 0.717) is 19.0 Å². The molecule has 23 heavy (non-hydrogen) atoms. The molecule has 124 valence electrons. The maximum absolute atomic E-state index is 12.1. The maximum Gasteiger partial charge on any atom is 0.410 e. The van der Waals surface area contributed by atoms with Gasteiger partial charge in [-0.2, -0.15) is 5.10 Å². The van der Waals surface area contributed by atoms with E-state index in [-0.39, 0.29) is 6.09 Å². The predicted molar refractivity (Wildman–Crippen MR) is 90.3 cm³/mol. The van der Waals surface area contributed by atoms with Gasteiger partial charge in [0.1, 0.15) is 5.60 Å². The van der Waals surface area contributed by atoms with Gasteiger partial charge in [-0.1, -0.05) is 0 Å². The summed E-state index contributed by atoms with van der Waals surface area (Å²) in [6, 6.07) is 5.80. The Kier molecular flexibility index (Phi) is 3.92. The zero-order chi connectivity index (χ0) is 16.6. The Labute approximate surface area is 136 Å². The van der Waals surface area contributed by atoms with Crippen LogP contribution >= 0.6 is 0 Å². The summed E-state index contributed by atoms with van der Waals surface area (Å²) in [7, 11) is 0. The zero-order valence-corrected chi connectivity index (χ0v) is 13.9. The average Bonchev–Trinajstić information content (AvgIpc) is 2.88. The third-order valence-corrected chi connectivity index (χ3v) is 4.16. The summed E-state index contributed by atoms with van der Waals surface area (Å²) in [4.78, 5) is 13.9. The highest BCUT2D eigenvalue weighted by atomic mass is 16.6. The first-order valence-electron chi connectivity index (χ1n) is 8.05. The SMILES string of the molecule is CC(C)(C)OC(=O)N1CCC(c2[nH]nc3cc(N)ccc23)CC1. The summed E-state index contributed by atoms with van der Waals surface area (Å²) in [5.41, 5.74) is 8.11. The molecule has 0 bridgehead atoms. The number of nitrogens with two attached hydrogens (primary N) is 1. The fourth-order valence-corrected chi connectivity index (χ4v) is 3.04. The number of likely N-dealkylation sites (tertiary alicyclic amines) is 1. The van der Waals surface area contributed by atoms with Gasteiger partial charge in [-0.3, -0.25) is 5.10 Å². The van der Waals surface area contributed by atoms with Gasteiger partial charge in [0, 0.05) is 35.8 Å². The maximum atomic E-state index is 12.1. The van der Waals surface area contributed by atoms with Gasteiger partial charge in [-0.05, 0) is 51.8 Å². The van der Waals surface area contributed by atoms with Crippen molar-refractivity contribution in [2.24, 2.45) is 0 Å². The highest BCUT2D eigenvalue weighted by Gasteiger charge is 2.28. The molecule has 2 heterocycles. The normalized spacial score (nSPS) is 16.7. The molecule has 0 aliphatic carbocycles. The predicted octanol–water partition coefficient (Wildman–Crippen LogP) is 3.26. The number of aromatic nitrogens is 2. The molecule has 3 rings (SSSR count). The quantitative estimate of drug-likeness (QED) is 0.791. The Morgan fingerprint density at radius 1 is 1.35 bits per heavy atom. The topological polar surface area (TPSA) is 84.2 Å². The van der Waals surface area contributed by atoms with Crippen LogP contribution in [0.5, 0.6) is 0 Å². The molecule has 1 fully saturated rings. The lowest BCUT2D eigenvalue weighted by Crippen LogP contribution is -2.41. The number of carbonyl (C=O) groups excluding carboxylic acids is 1. The second-order valence-corrected chi connectivity index (χ2v) is 7.16. The number of carbonyl (C=O) groups is 1. The van der Waals surface area contributed by atoms with Crippen molar-refractivity contribution in [3.63, 3.8) is 0 Å². The first-order chi connectivity index (χ1) is 10.8. The van der Waals surface area contributed by atoms with Crippen molar-refractivity contribution >= 4 is 22.7 Å². The molecule has 6 nitrogen and oxygen atoms in total. The fraction of sp³-hybridized carbons (Fsp3) is 0.529. The second-order valence-electron chi connectivity index (χ2n) is 7.16. The first kappa shape index (κ1) is 15.6. The lowest BCUT2D eigenvalue weighted by Gasteiger charge is -2.33. The summed E-state index contributed by atoms with van der Waals surface area (Å²) in [6.07, 6.45) is 1.58. The minimum absolute atomic E-state index is 0.224. The summed E-state index contributed by atoms with van der Waals surface area (Å²) >= 11 is 0. The fourth-order valence-electron chi connectivity index (χ4n) is 3.04. The van der Waals surface area contributed by atoms with Crippen molar-refractivity contribution in [1.29, 1.82) is 0 Å². The van der Waals surface area contributed by atoms with Gasteiger partial charge in [-0.15, -0.1) is 0 Å². The molecule has 2 aromatic rings. The van der Waals surface area contributed by atoms with Gasteiger partial charge in [0.05, 0.1) is 5.52 Å². The van der Waals surface area contributed by atoms with E-state index in [2.05, 4.69) is 10.2 Å². The van der Waals surface area contributed by atoms with Crippen LogP contribution in [0.3, 0.4) is 0 Å². The van der Waals surface area contributed by atoms with Crippen LogP contribution in [0.2, 0.25) is 0 Å². The Morgan fingerprint density at radius 2 is 2.04 bits per heavy atom. The molecule has 1 aromatic carbocycles. The van der Waals surface area contributed by atoms with Crippen molar-refractivity contribution < 1.29 is 9.53 Å². The molecule has 0 unspecified atom stereocenters. The molecule has 0 spiro atoms. The average molecular weight is 316 g/mol.